The van der Waals surface area contributed by atoms with Gasteiger partial charge >= 0.3 is 0 Å². The molecule has 0 fully saturated rings. The van der Waals surface area contributed by atoms with Gasteiger partial charge in [0.1, 0.15) is 5.92 Å². The normalized spacial score (nSPS) is 11.9. The van der Waals surface area contributed by atoms with Crippen LogP contribution >= 0.6 is 11.3 Å². The number of carbonyl (C=O) groups is 1. The lowest BCUT2D eigenvalue weighted by molar-refractivity contribution is 0.0979. The van der Waals surface area contributed by atoms with Crippen molar-refractivity contribution >= 4 is 17.1 Å². The predicted octanol–water partition coefficient (Wildman–Crippen LogP) is 4.16. The second kappa shape index (κ2) is 5.38. The van der Waals surface area contributed by atoms with Gasteiger partial charge in [-0.3, -0.25) is 4.79 Å². The fourth-order valence-electron chi connectivity index (χ4n) is 2.00. The Hall–Kier alpha value is -1.92. The Balaban J connectivity index is 2.41. The van der Waals surface area contributed by atoms with E-state index in [1.807, 2.05) is 49.7 Å². The van der Waals surface area contributed by atoms with Gasteiger partial charge < -0.3 is 0 Å². The fraction of sp³-hybridized carbons (Fsp3) is 0.250. The van der Waals surface area contributed by atoms with E-state index in [1.54, 1.807) is 0 Å². The molecule has 96 valence electrons. The summed E-state index contributed by atoms with van der Waals surface area (Å²) in [6, 6.07) is 7.90. The van der Waals surface area contributed by atoms with Crippen LogP contribution in [-0.4, -0.2) is 5.78 Å². The summed E-state index contributed by atoms with van der Waals surface area (Å²) in [7, 11) is 0. The molecule has 0 amide bonds. The maximum absolute atomic E-state index is 12.4. The number of hydrogen-bond donors (Lipinski definition) is 0. The molecule has 2 nitrogen and oxygen atoms in total. The number of carbonyl (C=O) groups excluding carboxylic acids is 1. The Morgan fingerprint density at radius 1 is 1.16 bits per heavy atom. The molecule has 0 N–H and O–H groups in total. The number of aryl methyl sites for hydroxylation is 3. The van der Waals surface area contributed by atoms with Gasteiger partial charge in [-0.2, -0.15) is 16.6 Å². The molecule has 0 bridgehead atoms. The first-order valence-corrected chi connectivity index (χ1v) is 7.02. The Morgan fingerprint density at radius 3 is 2.42 bits per heavy atom. The molecular weight excluding hydrogens is 254 g/mol. The summed E-state index contributed by atoms with van der Waals surface area (Å²) in [6.45, 7) is 5.91. The van der Waals surface area contributed by atoms with Gasteiger partial charge in [-0.05, 0) is 48.4 Å². The van der Waals surface area contributed by atoms with E-state index in [1.165, 1.54) is 16.9 Å². The molecule has 1 heterocycles. The molecule has 2 aromatic rings. The Morgan fingerprint density at radius 2 is 1.89 bits per heavy atom. The van der Waals surface area contributed by atoms with Crippen molar-refractivity contribution in [3.05, 3.63) is 56.8 Å². The molecule has 0 saturated heterocycles. The van der Waals surface area contributed by atoms with Crippen LogP contribution in [0.2, 0.25) is 0 Å². The highest BCUT2D eigenvalue weighted by Gasteiger charge is 2.23. The molecule has 1 aromatic carbocycles. The van der Waals surface area contributed by atoms with E-state index in [4.69, 9.17) is 0 Å². The van der Waals surface area contributed by atoms with Gasteiger partial charge in [-0.15, -0.1) is 0 Å². The summed E-state index contributed by atoms with van der Waals surface area (Å²) >= 11 is 1.49. The molecule has 2 rings (SSSR count). The molecule has 0 radical (unpaired) electrons. The van der Waals surface area contributed by atoms with Crippen LogP contribution in [0.1, 0.15) is 38.5 Å². The van der Waals surface area contributed by atoms with Gasteiger partial charge in [0, 0.05) is 10.9 Å². The maximum Gasteiger partial charge on any atom is 0.185 e. The highest BCUT2D eigenvalue weighted by atomic mass is 32.1. The van der Waals surface area contributed by atoms with Crippen LogP contribution < -0.4 is 0 Å². The Bertz CT molecular complexity index is 664. The van der Waals surface area contributed by atoms with Crippen molar-refractivity contribution in [1.29, 1.82) is 5.26 Å². The molecular formula is C16H15NOS. The van der Waals surface area contributed by atoms with Gasteiger partial charge in [0.2, 0.25) is 0 Å². The lowest BCUT2D eigenvalue weighted by Gasteiger charge is -2.10. The Kier molecular flexibility index (Phi) is 3.82. The zero-order valence-electron chi connectivity index (χ0n) is 11.2. The van der Waals surface area contributed by atoms with E-state index < -0.39 is 5.92 Å². The Labute approximate surface area is 117 Å². The highest BCUT2D eigenvalue weighted by Crippen LogP contribution is 2.25. The first-order chi connectivity index (χ1) is 9.04. The third-order valence-corrected chi connectivity index (χ3v) is 4.24. The first-order valence-electron chi connectivity index (χ1n) is 6.08. The van der Waals surface area contributed by atoms with Crippen LogP contribution in [0.25, 0.3) is 0 Å². The topological polar surface area (TPSA) is 40.9 Å². The van der Waals surface area contributed by atoms with E-state index in [2.05, 4.69) is 6.07 Å². The highest BCUT2D eigenvalue weighted by molar-refractivity contribution is 7.08. The quantitative estimate of drug-likeness (QED) is 0.785. The van der Waals surface area contributed by atoms with Crippen molar-refractivity contribution in [2.45, 2.75) is 26.7 Å². The third kappa shape index (κ3) is 2.59. The lowest BCUT2D eigenvalue weighted by Crippen LogP contribution is -2.11. The lowest BCUT2D eigenvalue weighted by atomic mass is 9.90. The van der Waals surface area contributed by atoms with E-state index in [0.29, 0.717) is 5.56 Å². The van der Waals surface area contributed by atoms with Crippen LogP contribution in [0, 0.1) is 32.1 Å². The van der Waals surface area contributed by atoms with Gasteiger partial charge in [0.05, 0.1) is 6.07 Å². The van der Waals surface area contributed by atoms with Gasteiger partial charge in [-0.1, -0.05) is 18.2 Å². The SMILES string of the molecule is Cc1ccc(C(C#N)C(=O)c2cscc2C)cc1C. The zero-order valence-corrected chi connectivity index (χ0v) is 12.0. The smallest absolute Gasteiger partial charge is 0.185 e. The van der Waals surface area contributed by atoms with Crippen molar-refractivity contribution in [3.8, 4) is 6.07 Å². The molecule has 0 aliphatic rings. The van der Waals surface area contributed by atoms with Gasteiger partial charge in [-0.25, -0.2) is 0 Å². The van der Waals surface area contributed by atoms with E-state index in [-0.39, 0.29) is 5.78 Å². The summed E-state index contributed by atoms with van der Waals surface area (Å²) in [6.07, 6.45) is 0. The van der Waals surface area contributed by atoms with Crippen molar-refractivity contribution in [2.75, 3.05) is 0 Å². The molecule has 19 heavy (non-hydrogen) atoms. The average molecular weight is 269 g/mol. The number of Topliss-reactive ketones (excluding diaryl/α,β-unsaturated/α-hetero) is 1. The second-order valence-corrected chi connectivity index (χ2v) is 5.48. The molecule has 1 atom stereocenters. The minimum absolute atomic E-state index is 0.107. The minimum Gasteiger partial charge on any atom is -0.292 e. The largest absolute Gasteiger partial charge is 0.292 e. The van der Waals surface area contributed by atoms with Gasteiger partial charge in [0.25, 0.3) is 0 Å². The molecule has 1 aromatic heterocycles. The van der Waals surface area contributed by atoms with Crippen molar-refractivity contribution in [2.24, 2.45) is 0 Å². The van der Waals surface area contributed by atoms with Crippen molar-refractivity contribution in [3.63, 3.8) is 0 Å². The molecule has 3 heteroatoms. The van der Waals surface area contributed by atoms with Crippen molar-refractivity contribution in [1.82, 2.24) is 0 Å². The second-order valence-electron chi connectivity index (χ2n) is 4.74. The fourth-order valence-corrected chi connectivity index (χ4v) is 2.83. The van der Waals surface area contributed by atoms with E-state index >= 15 is 0 Å². The summed E-state index contributed by atoms with van der Waals surface area (Å²) in [5, 5.41) is 13.1. The molecule has 1 unspecified atom stereocenters. The van der Waals surface area contributed by atoms with Crippen LogP contribution in [0.3, 0.4) is 0 Å². The van der Waals surface area contributed by atoms with Crippen LogP contribution in [0.15, 0.2) is 29.0 Å². The summed E-state index contributed by atoms with van der Waals surface area (Å²) < 4.78 is 0. The molecule has 0 aliphatic heterocycles. The zero-order chi connectivity index (χ0) is 14.0. The number of nitrogens with zero attached hydrogens (tertiary/aromatic N) is 1. The molecule has 0 saturated carbocycles. The van der Waals surface area contributed by atoms with Gasteiger partial charge in [0.15, 0.2) is 5.78 Å². The van der Waals surface area contributed by atoms with E-state index in [0.717, 1.165) is 16.7 Å². The number of benzene rings is 1. The number of thiophene rings is 1. The van der Waals surface area contributed by atoms with Crippen LogP contribution in [-0.2, 0) is 0 Å². The molecule has 0 aliphatic carbocycles. The number of nitriles is 1. The average Bonchev–Trinajstić information content (AvgIpc) is 2.80. The minimum atomic E-state index is -0.715. The monoisotopic (exact) mass is 269 g/mol. The molecule has 0 spiro atoms. The number of hydrogen-bond acceptors (Lipinski definition) is 3. The first kappa shape index (κ1) is 13.5. The predicted molar refractivity (Wildman–Crippen MR) is 77.7 cm³/mol. The van der Waals surface area contributed by atoms with Crippen molar-refractivity contribution < 1.29 is 4.79 Å². The van der Waals surface area contributed by atoms with Crippen LogP contribution in [0.4, 0.5) is 0 Å². The third-order valence-electron chi connectivity index (χ3n) is 3.38. The summed E-state index contributed by atoms with van der Waals surface area (Å²) in [4.78, 5) is 12.4. The van der Waals surface area contributed by atoms with Crippen LogP contribution in [0.5, 0.6) is 0 Å². The standard InChI is InChI=1S/C16H15NOS/c1-10-4-5-13(6-11(10)2)14(7-17)16(18)15-9-19-8-12(15)3/h4-6,8-9,14H,1-3H3. The number of ketones is 1. The van der Waals surface area contributed by atoms with E-state index in [9.17, 15) is 10.1 Å². The maximum atomic E-state index is 12.4. The number of rotatable bonds is 3. The summed E-state index contributed by atoms with van der Waals surface area (Å²) in [5.41, 5.74) is 4.65. The summed E-state index contributed by atoms with van der Waals surface area (Å²) in [5.74, 6) is -0.822.